The van der Waals surface area contributed by atoms with E-state index >= 15 is 0 Å². The van der Waals surface area contributed by atoms with Crippen molar-refractivity contribution in [3.63, 3.8) is 0 Å². The molecule has 4 aromatic carbocycles. The lowest BCUT2D eigenvalue weighted by Crippen LogP contribution is -2.54. The molecule has 0 spiro atoms. The number of amides is 4. The minimum absolute atomic E-state index is 0.0988. The maximum absolute atomic E-state index is 13.3. The van der Waals surface area contributed by atoms with E-state index in [4.69, 9.17) is 32.7 Å². The Morgan fingerprint density at radius 1 is 0.913 bits per heavy atom. The first-order valence-corrected chi connectivity index (χ1v) is 13.8. The van der Waals surface area contributed by atoms with Crippen LogP contribution in [0.3, 0.4) is 0 Å². The second-order valence-corrected chi connectivity index (χ2v) is 10.4. The molecule has 0 atom stereocenters. The van der Waals surface area contributed by atoms with Gasteiger partial charge in [-0.2, -0.15) is 13.2 Å². The lowest BCUT2D eigenvalue weighted by atomic mass is 10.1. The Morgan fingerprint density at radius 3 is 2.17 bits per heavy atom. The lowest BCUT2D eigenvalue weighted by Gasteiger charge is -2.26. The van der Waals surface area contributed by atoms with Crippen LogP contribution in [-0.2, 0) is 22.4 Å². The monoisotopic (exact) mass is 671 g/mol. The van der Waals surface area contributed by atoms with E-state index in [0.29, 0.717) is 24.5 Å². The molecule has 15 heteroatoms. The van der Waals surface area contributed by atoms with Crippen molar-refractivity contribution < 1.29 is 42.0 Å². The van der Waals surface area contributed by atoms with Gasteiger partial charge in [0.25, 0.3) is 11.8 Å². The van der Waals surface area contributed by atoms with Crippen molar-refractivity contribution in [2.75, 3.05) is 4.90 Å². The Labute approximate surface area is 267 Å². The summed E-state index contributed by atoms with van der Waals surface area (Å²) in [6.45, 7) is 0.293. The number of nitrogens with zero attached hydrogens (tertiary/aromatic N) is 2. The molecule has 1 fully saturated rings. The number of rotatable bonds is 8. The highest BCUT2D eigenvalue weighted by Gasteiger charge is 2.37. The van der Waals surface area contributed by atoms with E-state index in [2.05, 4.69) is 5.32 Å². The molecule has 1 N–H and O–H groups in total. The number of halogens is 5. The number of carbonyl (C=O) groups excluding carboxylic acids is 3. The van der Waals surface area contributed by atoms with Gasteiger partial charge in [-0.05, 0) is 65.7 Å². The molecule has 4 amide bonds. The van der Waals surface area contributed by atoms with Crippen LogP contribution in [0.4, 0.5) is 29.3 Å². The van der Waals surface area contributed by atoms with Crippen LogP contribution in [0.2, 0.25) is 10.0 Å². The quantitative estimate of drug-likeness (QED) is 0.0871. The number of nitro groups is 1. The second-order valence-electron chi connectivity index (χ2n) is 9.58. The summed E-state index contributed by atoms with van der Waals surface area (Å²) in [5.41, 5.74) is -1.53. The summed E-state index contributed by atoms with van der Waals surface area (Å²) in [5.74, 6) is -2.39. The molecule has 5 rings (SSSR count). The summed E-state index contributed by atoms with van der Waals surface area (Å²) in [6, 6.07) is 18.5. The summed E-state index contributed by atoms with van der Waals surface area (Å²) in [7, 11) is 0. The molecule has 1 saturated heterocycles. The van der Waals surface area contributed by atoms with E-state index < -0.39 is 51.5 Å². The summed E-state index contributed by atoms with van der Waals surface area (Å²) >= 11 is 12.6. The van der Waals surface area contributed by atoms with Crippen LogP contribution in [0.1, 0.15) is 16.7 Å². The van der Waals surface area contributed by atoms with Crippen molar-refractivity contribution >= 4 is 58.5 Å². The Balaban J connectivity index is 1.38. The number of imide groups is 2. The third-order valence-corrected chi connectivity index (χ3v) is 7.03. The van der Waals surface area contributed by atoms with Crippen LogP contribution >= 0.6 is 23.2 Å². The van der Waals surface area contributed by atoms with Gasteiger partial charge in [-0.3, -0.25) is 25.0 Å². The van der Waals surface area contributed by atoms with Gasteiger partial charge in [0.05, 0.1) is 26.2 Å². The van der Waals surface area contributed by atoms with Crippen LogP contribution in [0.5, 0.6) is 17.2 Å². The third kappa shape index (κ3) is 6.95. The van der Waals surface area contributed by atoms with Gasteiger partial charge in [-0.1, -0.05) is 53.5 Å². The summed E-state index contributed by atoms with van der Waals surface area (Å²) in [5, 5.41) is 13.0. The second kappa shape index (κ2) is 12.9. The fourth-order valence-electron chi connectivity index (χ4n) is 4.28. The zero-order valence-electron chi connectivity index (χ0n) is 23.0. The first-order chi connectivity index (χ1) is 21.8. The Morgan fingerprint density at radius 2 is 1.57 bits per heavy atom. The van der Waals surface area contributed by atoms with Crippen molar-refractivity contribution in [3.8, 4) is 17.2 Å². The van der Waals surface area contributed by atoms with Gasteiger partial charge in [-0.15, -0.1) is 0 Å². The number of ether oxygens (including phenoxy) is 2. The number of hydrogen-bond acceptors (Lipinski definition) is 7. The van der Waals surface area contributed by atoms with Gasteiger partial charge in [0.1, 0.15) is 17.9 Å². The van der Waals surface area contributed by atoms with E-state index in [9.17, 15) is 37.7 Å². The molecule has 4 aromatic rings. The molecule has 0 unspecified atom stereocenters. The van der Waals surface area contributed by atoms with Crippen molar-refractivity contribution in [2.24, 2.45) is 0 Å². The van der Waals surface area contributed by atoms with Gasteiger partial charge in [0, 0.05) is 6.07 Å². The molecule has 1 aliphatic heterocycles. The number of nitro benzene ring substituents is 1. The normalized spacial score (nSPS) is 14.3. The molecule has 0 saturated carbocycles. The average Bonchev–Trinajstić information content (AvgIpc) is 3.00. The first kappa shape index (κ1) is 32.0. The van der Waals surface area contributed by atoms with E-state index in [-0.39, 0.29) is 27.0 Å². The van der Waals surface area contributed by atoms with Crippen LogP contribution in [0, 0.1) is 10.1 Å². The van der Waals surface area contributed by atoms with Crippen LogP contribution in [-0.4, -0.2) is 22.8 Å². The number of hydrogen-bond donors (Lipinski definition) is 1. The van der Waals surface area contributed by atoms with Gasteiger partial charge in [0.2, 0.25) is 5.75 Å². The number of anilines is 1. The molecule has 0 aliphatic carbocycles. The Bertz CT molecular complexity index is 1880. The molecular formula is C31H18Cl2F3N3O7. The van der Waals surface area contributed by atoms with E-state index in [1.54, 1.807) is 12.1 Å². The Hall–Kier alpha value is -5.40. The number of nitrogens with one attached hydrogen (secondary N) is 1. The first-order valence-electron chi connectivity index (χ1n) is 13.0. The van der Waals surface area contributed by atoms with Crippen molar-refractivity contribution in [2.45, 2.75) is 12.8 Å². The topological polar surface area (TPSA) is 128 Å². The maximum atomic E-state index is 13.3. The van der Waals surface area contributed by atoms with Gasteiger partial charge >= 0.3 is 17.9 Å². The highest BCUT2D eigenvalue weighted by atomic mass is 35.5. The maximum Gasteiger partial charge on any atom is 0.416 e. The molecule has 1 aliphatic rings. The summed E-state index contributed by atoms with van der Waals surface area (Å²) in [6.07, 6.45) is -3.73. The molecule has 46 heavy (non-hydrogen) atoms. The molecule has 0 bridgehead atoms. The van der Waals surface area contributed by atoms with Gasteiger partial charge in [-0.25, -0.2) is 9.69 Å². The predicted molar refractivity (Wildman–Crippen MR) is 161 cm³/mol. The van der Waals surface area contributed by atoms with E-state index in [1.165, 1.54) is 24.3 Å². The smallest absolute Gasteiger partial charge is 0.416 e. The van der Waals surface area contributed by atoms with E-state index in [1.807, 2.05) is 30.3 Å². The highest BCUT2D eigenvalue weighted by Crippen LogP contribution is 2.42. The molecule has 234 valence electrons. The van der Waals surface area contributed by atoms with Crippen molar-refractivity contribution in [1.82, 2.24) is 5.32 Å². The molecular weight excluding hydrogens is 654 g/mol. The largest absolute Gasteiger partial charge is 0.489 e. The van der Waals surface area contributed by atoms with E-state index in [0.717, 1.165) is 22.6 Å². The number of barbiturate groups is 1. The minimum atomic E-state index is -4.84. The number of benzene rings is 4. The predicted octanol–water partition coefficient (Wildman–Crippen LogP) is 7.96. The van der Waals surface area contributed by atoms with Crippen LogP contribution in [0.15, 0.2) is 90.5 Å². The molecule has 0 aromatic heterocycles. The van der Waals surface area contributed by atoms with Gasteiger partial charge in [0.15, 0.2) is 5.75 Å². The van der Waals surface area contributed by atoms with Crippen molar-refractivity contribution in [3.05, 3.63) is 127 Å². The summed E-state index contributed by atoms with van der Waals surface area (Å²) in [4.78, 5) is 49.7. The minimum Gasteiger partial charge on any atom is -0.489 e. The SMILES string of the molecule is O=C1NC(=O)N(c2ccc(OCc3ccccc3)cc2)C(=O)/C1=C/c1cc(Cl)c(Oc2ccc(C(F)(F)F)cc2[N+](=O)[O-])c(Cl)c1. The average molecular weight is 672 g/mol. The van der Waals surface area contributed by atoms with Crippen molar-refractivity contribution in [1.29, 1.82) is 0 Å². The van der Waals surface area contributed by atoms with Crippen LogP contribution < -0.4 is 19.7 Å². The summed E-state index contributed by atoms with van der Waals surface area (Å²) < 4.78 is 50.3. The highest BCUT2D eigenvalue weighted by molar-refractivity contribution is 6.40. The fourth-order valence-corrected chi connectivity index (χ4v) is 4.87. The zero-order valence-corrected chi connectivity index (χ0v) is 24.5. The third-order valence-electron chi connectivity index (χ3n) is 6.47. The lowest BCUT2D eigenvalue weighted by molar-refractivity contribution is -0.385. The number of alkyl halides is 3. The standard InChI is InChI=1S/C31H18Cl2F3N3O7/c32-23-13-18(14-24(33)27(23)46-26-11-6-19(31(34,35)36)15-25(26)39(43)44)12-22-28(40)37-30(42)38(29(22)41)20-7-9-21(10-8-20)45-16-17-4-2-1-3-5-17/h1-15H,16H2,(H,37,40,42)/b22-12+. The molecule has 0 radical (unpaired) electrons. The Kier molecular flexibility index (Phi) is 8.98. The van der Waals surface area contributed by atoms with Crippen LogP contribution in [0.25, 0.3) is 6.08 Å². The van der Waals surface area contributed by atoms with Gasteiger partial charge < -0.3 is 9.47 Å². The molecule has 1 heterocycles. The molecule has 10 nitrogen and oxygen atoms in total. The fraction of sp³-hybridized carbons (Fsp3) is 0.0645. The number of carbonyl (C=O) groups is 3. The zero-order chi connectivity index (χ0) is 33.2. The number of urea groups is 1.